The maximum Gasteiger partial charge on any atom is 0.232 e. The summed E-state index contributed by atoms with van der Waals surface area (Å²) in [5, 5.41) is 12.4. The number of carbonyl (C=O) groups excluding carboxylic acids is 1. The molecule has 1 amide bonds. The molecule has 0 aliphatic carbocycles. The van der Waals surface area contributed by atoms with Gasteiger partial charge in [-0.15, -0.1) is 11.8 Å². The van der Waals surface area contributed by atoms with Crippen molar-refractivity contribution in [2.24, 2.45) is 5.92 Å². The van der Waals surface area contributed by atoms with Crippen LogP contribution in [-0.4, -0.2) is 34.7 Å². The van der Waals surface area contributed by atoms with Gasteiger partial charge in [-0.25, -0.2) is 0 Å². The molecule has 2 atom stereocenters. The number of unbranched alkanes of at least 4 members (excludes halogenated alkanes) is 1. The Kier molecular flexibility index (Phi) is 9.65. The Labute approximate surface area is 110 Å². The minimum atomic E-state index is -0.424. The van der Waals surface area contributed by atoms with Crippen molar-refractivity contribution in [1.29, 1.82) is 0 Å². The molecule has 0 aromatic rings. The second-order valence-corrected chi connectivity index (χ2v) is 6.34. The normalized spacial score (nSPS) is 14.7. The number of amides is 1. The van der Waals surface area contributed by atoms with Gasteiger partial charge in [-0.3, -0.25) is 4.79 Å². The van der Waals surface area contributed by atoms with Crippen molar-refractivity contribution in [3.8, 4) is 0 Å². The first kappa shape index (κ1) is 16.8. The molecule has 0 bridgehead atoms. The third kappa shape index (κ3) is 9.48. The number of thioether (sulfide) groups is 1. The minimum Gasteiger partial charge on any atom is -0.391 e. The molecule has 0 aromatic carbocycles. The van der Waals surface area contributed by atoms with Crippen LogP contribution < -0.4 is 5.32 Å². The molecule has 102 valence electrons. The van der Waals surface area contributed by atoms with E-state index in [0.717, 1.165) is 25.0 Å². The molecule has 17 heavy (non-hydrogen) atoms. The number of aliphatic hydroxyl groups is 1. The zero-order valence-corrected chi connectivity index (χ0v) is 12.3. The Balaban J connectivity index is 3.69. The van der Waals surface area contributed by atoms with E-state index < -0.39 is 6.10 Å². The van der Waals surface area contributed by atoms with Crippen LogP contribution in [0.15, 0.2) is 0 Å². The molecule has 0 spiro atoms. The lowest BCUT2D eigenvalue weighted by Gasteiger charge is -2.16. The Morgan fingerprint density at radius 3 is 2.53 bits per heavy atom. The summed E-state index contributed by atoms with van der Waals surface area (Å²) in [6, 6.07) is 0. The van der Waals surface area contributed by atoms with Crippen LogP contribution in [0.3, 0.4) is 0 Å². The van der Waals surface area contributed by atoms with Gasteiger partial charge in [-0.2, -0.15) is 0 Å². The van der Waals surface area contributed by atoms with E-state index in [1.54, 1.807) is 11.8 Å². The second-order valence-electron chi connectivity index (χ2n) is 4.90. The molecule has 0 aliphatic rings. The first-order valence-electron chi connectivity index (χ1n) is 6.54. The number of carbonyl (C=O) groups is 1. The fraction of sp³-hybridized carbons (Fsp3) is 0.923. The predicted octanol–water partition coefficient (Wildman–Crippen LogP) is 2.43. The van der Waals surface area contributed by atoms with E-state index in [1.807, 2.05) is 6.92 Å². The molecular weight excluding hydrogens is 234 g/mol. The summed E-state index contributed by atoms with van der Waals surface area (Å²) in [6.45, 7) is 8.57. The predicted molar refractivity (Wildman–Crippen MR) is 75.3 cm³/mol. The quantitative estimate of drug-likeness (QED) is 0.627. The van der Waals surface area contributed by atoms with Gasteiger partial charge in [0.05, 0.1) is 11.4 Å². The van der Waals surface area contributed by atoms with Gasteiger partial charge >= 0.3 is 0 Å². The van der Waals surface area contributed by atoms with Crippen molar-refractivity contribution in [3.63, 3.8) is 0 Å². The van der Waals surface area contributed by atoms with Gasteiger partial charge in [0.2, 0.25) is 5.91 Å². The maximum atomic E-state index is 11.7. The Morgan fingerprint density at radius 1 is 1.35 bits per heavy atom. The highest BCUT2D eigenvalue weighted by molar-refractivity contribution is 8.00. The molecular formula is C13H27NO2S. The van der Waals surface area contributed by atoms with Crippen molar-refractivity contribution in [1.82, 2.24) is 5.32 Å². The van der Waals surface area contributed by atoms with Crippen LogP contribution in [-0.2, 0) is 4.79 Å². The summed E-state index contributed by atoms with van der Waals surface area (Å²) < 4.78 is 0. The third-order valence-electron chi connectivity index (χ3n) is 2.49. The first-order valence-corrected chi connectivity index (χ1v) is 7.59. The van der Waals surface area contributed by atoms with Crippen LogP contribution in [0.2, 0.25) is 0 Å². The smallest absolute Gasteiger partial charge is 0.232 e. The highest BCUT2D eigenvalue weighted by atomic mass is 32.2. The molecule has 3 nitrogen and oxygen atoms in total. The molecule has 4 heteroatoms. The molecule has 0 aromatic heterocycles. The third-order valence-corrected chi connectivity index (χ3v) is 3.73. The van der Waals surface area contributed by atoms with Crippen molar-refractivity contribution in [2.45, 2.75) is 58.3 Å². The Morgan fingerprint density at radius 2 is 2.00 bits per heavy atom. The zero-order valence-electron chi connectivity index (χ0n) is 11.5. The van der Waals surface area contributed by atoms with Crippen LogP contribution in [0.4, 0.5) is 0 Å². The van der Waals surface area contributed by atoms with E-state index in [-0.39, 0.29) is 11.2 Å². The lowest BCUT2D eigenvalue weighted by molar-refractivity contribution is -0.120. The standard InChI is InChI=1S/C13H27NO2S/c1-5-6-7-17-11(4)13(16)14-9-12(15)8-10(2)3/h10-12,15H,5-9H2,1-4H3,(H,14,16)/t11-,12-/m0/s1. The van der Waals surface area contributed by atoms with Gasteiger partial charge in [-0.05, 0) is 31.4 Å². The van der Waals surface area contributed by atoms with Gasteiger partial charge in [0.1, 0.15) is 0 Å². The lowest BCUT2D eigenvalue weighted by atomic mass is 10.1. The second kappa shape index (κ2) is 9.77. The van der Waals surface area contributed by atoms with Gasteiger partial charge in [0.15, 0.2) is 0 Å². The summed E-state index contributed by atoms with van der Waals surface area (Å²) in [5.41, 5.74) is 0. The number of rotatable bonds is 9. The van der Waals surface area contributed by atoms with Crippen molar-refractivity contribution in [2.75, 3.05) is 12.3 Å². The fourth-order valence-corrected chi connectivity index (χ4v) is 2.51. The molecule has 0 saturated carbocycles. The van der Waals surface area contributed by atoms with Crippen molar-refractivity contribution in [3.05, 3.63) is 0 Å². The van der Waals surface area contributed by atoms with Crippen molar-refractivity contribution >= 4 is 17.7 Å². The number of aliphatic hydroxyl groups excluding tert-OH is 1. The maximum absolute atomic E-state index is 11.7. The average Bonchev–Trinajstić information content (AvgIpc) is 2.25. The Hall–Kier alpha value is -0.220. The topological polar surface area (TPSA) is 49.3 Å². The summed E-state index contributed by atoms with van der Waals surface area (Å²) in [7, 11) is 0. The zero-order chi connectivity index (χ0) is 13.3. The average molecular weight is 261 g/mol. The monoisotopic (exact) mass is 261 g/mol. The molecule has 0 heterocycles. The van der Waals surface area contributed by atoms with E-state index >= 15 is 0 Å². The largest absolute Gasteiger partial charge is 0.391 e. The lowest BCUT2D eigenvalue weighted by Crippen LogP contribution is -2.37. The Bertz CT molecular complexity index is 210. The van der Waals surface area contributed by atoms with Crippen molar-refractivity contribution < 1.29 is 9.90 Å². The van der Waals surface area contributed by atoms with E-state index in [1.165, 1.54) is 0 Å². The van der Waals surface area contributed by atoms with E-state index in [2.05, 4.69) is 26.1 Å². The summed E-state index contributed by atoms with van der Waals surface area (Å²) >= 11 is 1.68. The number of nitrogens with one attached hydrogen (secondary N) is 1. The van der Waals surface area contributed by atoms with Crippen LogP contribution in [0, 0.1) is 5.92 Å². The molecule has 0 unspecified atom stereocenters. The summed E-state index contributed by atoms with van der Waals surface area (Å²) in [4.78, 5) is 11.7. The highest BCUT2D eigenvalue weighted by Gasteiger charge is 2.14. The first-order chi connectivity index (χ1) is 7.97. The highest BCUT2D eigenvalue weighted by Crippen LogP contribution is 2.12. The van der Waals surface area contributed by atoms with Crippen LogP contribution in [0.25, 0.3) is 0 Å². The van der Waals surface area contributed by atoms with E-state index in [9.17, 15) is 9.90 Å². The van der Waals surface area contributed by atoms with Gasteiger partial charge < -0.3 is 10.4 Å². The SMILES string of the molecule is CCCCS[C@@H](C)C(=O)NC[C@@H](O)CC(C)C. The molecule has 2 N–H and O–H groups in total. The van der Waals surface area contributed by atoms with E-state index in [4.69, 9.17) is 0 Å². The molecule has 0 rings (SSSR count). The summed E-state index contributed by atoms with van der Waals surface area (Å²) in [6.07, 6.45) is 2.62. The molecule has 0 radical (unpaired) electrons. The fourth-order valence-electron chi connectivity index (χ4n) is 1.47. The van der Waals surface area contributed by atoms with Crippen LogP contribution >= 0.6 is 11.8 Å². The summed E-state index contributed by atoms with van der Waals surface area (Å²) in [5.74, 6) is 1.52. The molecule has 0 fully saturated rings. The number of hydrogen-bond acceptors (Lipinski definition) is 3. The number of hydrogen-bond donors (Lipinski definition) is 2. The van der Waals surface area contributed by atoms with Crippen LogP contribution in [0.5, 0.6) is 0 Å². The van der Waals surface area contributed by atoms with E-state index in [0.29, 0.717) is 12.5 Å². The molecule has 0 aliphatic heterocycles. The minimum absolute atomic E-state index is 0.0206. The molecule has 0 saturated heterocycles. The van der Waals surface area contributed by atoms with Gasteiger partial charge in [0.25, 0.3) is 0 Å². The van der Waals surface area contributed by atoms with Gasteiger partial charge in [0, 0.05) is 6.54 Å². The van der Waals surface area contributed by atoms with Crippen LogP contribution in [0.1, 0.15) is 47.0 Å². The van der Waals surface area contributed by atoms with Gasteiger partial charge in [-0.1, -0.05) is 27.2 Å².